The molecule has 2 aromatic carbocycles. The quantitative estimate of drug-likeness (QED) is 0.129. The van der Waals surface area contributed by atoms with Crippen molar-refractivity contribution in [3.05, 3.63) is 71.3 Å². The van der Waals surface area contributed by atoms with Crippen LogP contribution in [0.4, 0.5) is 0 Å². The van der Waals surface area contributed by atoms with Crippen LogP contribution >= 0.6 is 24.0 Å². The maximum atomic E-state index is 13.6. The molecule has 1 unspecified atom stereocenters. The highest BCUT2D eigenvalue weighted by Crippen LogP contribution is 2.36. The van der Waals surface area contributed by atoms with Gasteiger partial charge in [0.15, 0.2) is 0 Å². The molecule has 2 fully saturated rings. The molecule has 7 nitrogen and oxygen atoms in total. The van der Waals surface area contributed by atoms with Crippen molar-refractivity contribution >= 4 is 50.3 Å². The van der Waals surface area contributed by atoms with E-state index in [4.69, 9.17) is 17.3 Å². The van der Waals surface area contributed by atoms with Gasteiger partial charge in [0, 0.05) is 37.0 Å². The van der Waals surface area contributed by atoms with Crippen LogP contribution in [0.1, 0.15) is 64.4 Å². The molecule has 1 aromatic heterocycles. The third-order valence-electron chi connectivity index (χ3n) is 7.77. The van der Waals surface area contributed by atoms with Gasteiger partial charge in [-0.1, -0.05) is 93.8 Å². The summed E-state index contributed by atoms with van der Waals surface area (Å²) < 4.78 is 31.1. The summed E-state index contributed by atoms with van der Waals surface area (Å²) in [5, 5.41) is 4.88. The Morgan fingerprint density at radius 1 is 1.07 bits per heavy atom. The molecule has 0 bridgehead atoms. The molecule has 2 aliphatic rings. The Bertz CT molecular complexity index is 1570. The Labute approximate surface area is 259 Å². The number of rotatable bonds is 11. The molecule has 3 aromatic rings. The van der Waals surface area contributed by atoms with Gasteiger partial charge in [0.2, 0.25) is 10.0 Å². The standard InChI is InChI=1S/C32H38N4O3S3/c1-3-4-5-6-10-19-35-31(37)29(41-32(35)40)21-26-23-36(27-15-8-7-9-16-27)33-30(26)25-14-11-17-28(20-25)42(38,39)34-18-12-13-24(2)22-34/h7-9,11,14-17,20-21,23-24H,3-6,10,12-13,18-19,22H2,1-2H3/b29-21+. The number of aromatic nitrogens is 2. The van der Waals surface area contributed by atoms with Crippen molar-refractivity contribution < 1.29 is 13.2 Å². The molecule has 42 heavy (non-hydrogen) atoms. The van der Waals surface area contributed by atoms with Gasteiger partial charge in [-0.05, 0) is 55.5 Å². The number of nitrogens with zero attached hydrogens (tertiary/aromatic N) is 4. The van der Waals surface area contributed by atoms with E-state index >= 15 is 0 Å². The second-order valence-corrected chi connectivity index (χ2v) is 14.7. The van der Waals surface area contributed by atoms with E-state index in [1.54, 1.807) is 32.1 Å². The SMILES string of the molecule is CCCCCCCN1C(=O)/C(=C\c2cn(-c3ccccc3)nc2-c2cccc(S(=O)(=O)N3CCCC(C)C3)c2)SC1=S. The fraction of sp³-hybridized carbons (Fsp3) is 0.406. The maximum absolute atomic E-state index is 13.6. The van der Waals surface area contributed by atoms with Gasteiger partial charge in [-0.3, -0.25) is 9.69 Å². The first-order chi connectivity index (χ1) is 20.3. The Balaban J connectivity index is 1.48. The summed E-state index contributed by atoms with van der Waals surface area (Å²) in [6, 6.07) is 16.7. The summed E-state index contributed by atoms with van der Waals surface area (Å²) in [4.78, 5) is 15.9. The zero-order valence-corrected chi connectivity index (χ0v) is 26.7. The first kappa shape index (κ1) is 30.7. The number of para-hydroxylation sites is 1. The first-order valence-electron chi connectivity index (χ1n) is 14.8. The highest BCUT2D eigenvalue weighted by molar-refractivity contribution is 8.26. The number of thiocarbonyl (C=S) groups is 1. The molecule has 10 heteroatoms. The van der Waals surface area contributed by atoms with Crippen molar-refractivity contribution in [3.63, 3.8) is 0 Å². The Morgan fingerprint density at radius 3 is 2.62 bits per heavy atom. The average molecular weight is 623 g/mol. The molecular formula is C32H38N4O3S3. The third kappa shape index (κ3) is 6.88. The van der Waals surface area contributed by atoms with Gasteiger partial charge < -0.3 is 0 Å². The monoisotopic (exact) mass is 622 g/mol. The molecule has 1 atom stereocenters. The van der Waals surface area contributed by atoms with Gasteiger partial charge in [-0.25, -0.2) is 13.1 Å². The molecule has 3 heterocycles. The second kappa shape index (κ2) is 13.7. The van der Waals surface area contributed by atoms with Gasteiger partial charge in [0.1, 0.15) is 10.0 Å². The van der Waals surface area contributed by atoms with Crippen LogP contribution in [0, 0.1) is 5.92 Å². The minimum atomic E-state index is -3.64. The lowest BCUT2D eigenvalue weighted by molar-refractivity contribution is -0.122. The molecule has 0 radical (unpaired) electrons. The van der Waals surface area contributed by atoms with E-state index in [0.29, 0.717) is 46.0 Å². The number of hydrogen-bond donors (Lipinski definition) is 0. The Hall–Kier alpha value is -2.79. The zero-order valence-electron chi connectivity index (χ0n) is 24.2. The lowest BCUT2D eigenvalue weighted by Crippen LogP contribution is -2.39. The molecule has 2 saturated heterocycles. The van der Waals surface area contributed by atoms with E-state index in [1.165, 1.54) is 24.6 Å². The number of benzene rings is 2. The number of sulfonamides is 1. The molecule has 222 valence electrons. The van der Waals surface area contributed by atoms with E-state index in [9.17, 15) is 13.2 Å². The van der Waals surface area contributed by atoms with Crippen LogP contribution in [0.15, 0.2) is 70.6 Å². The van der Waals surface area contributed by atoms with E-state index < -0.39 is 10.0 Å². The lowest BCUT2D eigenvalue weighted by atomic mass is 10.0. The van der Waals surface area contributed by atoms with Crippen LogP contribution in [-0.4, -0.2) is 57.3 Å². The number of carbonyl (C=O) groups is 1. The number of thioether (sulfide) groups is 1. The van der Waals surface area contributed by atoms with Crippen molar-refractivity contribution in [2.75, 3.05) is 19.6 Å². The van der Waals surface area contributed by atoms with Crippen molar-refractivity contribution in [2.45, 2.75) is 63.7 Å². The predicted octanol–water partition coefficient (Wildman–Crippen LogP) is 7.13. The first-order valence-corrected chi connectivity index (χ1v) is 17.5. The number of carbonyl (C=O) groups excluding carboxylic acids is 1. The summed E-state index contributed by atoms with van der Waals surface area (Å²) in [7, 11) is -3.64. The van der Waals surface area contributed by atoms with Crippen LogP contribution in [0.3, 0.4) is 0 Å². The fourth-order valence-corrected chi connectivity index (χ4v) is 8.40. The minimum Gasteiger partial charge on any atom is -0.293 e. The zero-order chi connectivity index (χ0) is 29.7. The average Bonchev–Trinajstić information content (AvgIpc) is 3.53. The van der Waals surface area contributed by atoms with Crippen LogP contribution in [0.25, 0.3) is 23.0 Å². The lowest BCUT2D eigenvalue weighted by Gasteiger charge is -2.30. The van der Waals surface area contributed by atoms with Crippen molar-refractivity contribution in [1.29, 1.82) is 0 Å². The normalized spacial score (nSPS) is 19.2. The molecule has 1 amide bonds. The smallest absolute Gasteiger partial charge is 0.266 e. The van der Waals surface area contributed by atoms with Gasteiger partial charge in [-0.15, -0.1) is 0 Å². The van der Waals surface area contributed by atoms with Crippen LogP contribution in [0.2, 0.25) is 0 Å². The summed E-state index contributed by atoms with van der Waals surface area (Å²) in [6.45, 7) is 5.96. The molecule has 2 aliphatic heterocycles. The predicted molar refractivity (Wildman–Crippen MR) is 175 cm³/mol. The van der Waals surface area contributed by atoms with Gasteiger partial charge in [0.05, 0.1) is 15.5 Å². The summed E-state index contributed by atoms with van der Waals surface area (Å²) >= 11 is 6.89. The van der Waals surface area contributed by atoms with E-state index in [-0.39, 0.29) is 10.8 Å². The molecule has 0 saturated carbocycles. The second-order valence-electron chi connectivity index (χ2n) is 11.1. The fourth-order valence-electron chi connectivity index (χ4n) is 5.46. The van der Waals surface area contributed by atoms with Gasteiger partial charge >= 0.3 is 0 Å². The van der Waals surface area contributed by atoms with Crippen molar-refractivity contribution in [1.82, 2.24) is 19.0 Å². The molecular weight excluding hydrogens is 585 g/mol. The Kier molecular flexibility index (Phi) is 9.98. The highest BCUT2D eigenvalue weighted by Gasteiger charge is 2.32. The van der Waals surface area contributed by atoms with E-state index in [2.05, 4.69) is 13.8 Å². The molecule has 0 spiro atoms. The summed E-state index contributed by atoms with van der Waals surface area (Å²) in [5.41, 5.74) is 2.87. The van der Waals surface area contributed by atoms with Crippen molar-refractivity contribution in [2.24, 2.45) is 5.92 Å². The van der Waals surface area contributed by atoms with Crippen LogP contribution in [-0.2, 0) is 14.8 Å². The van der Waals surface area contributed by atoms with E-state index in [1.807, 2.05) is 48.7 Å². The number of hydrogen-bond acceptors (Lipinski definition) is 6. The van der Waals surface area contributed by atoms with Gasteiger partial charge in [-0.2, -0.15) is 9.40 Å². The largest absolute Gasteiger partial charge is 0.293 e. The maximum Gasteiger partial charge on any atom is 0.266 e. The van der Waals surface area contributed by atoms with Crippen molar-refractivity contribution in [3.8, 4) is 16.9 Å². The molecule has 0 aliphatic carbocycles. The minimum absolute atomic E-state index is 0.0885. The summed E-state index contributed by atoms with van der Waals surface area (Å²) in [5.74, 6) is 0.245. The number of amides is 1. The van der Waals surface area contributed by atoms with Gasteiger partial charge in [0.25, 0.3) is 5.91 Å². The van der Waals surface area contributed by atoms with Crippen LogP contribution < -0.4 is 0 Å². The molecule has 0 N–H and O–H groups in total. The topological polar surface area (TPSA) is 75.5 Å². The highest BCUT2D eigenvalue weighted by atomic mass is 32.2. The summed E-state index contributed by atoms with van der Waals surface area (Å²) in [6.07, 6.45) is 11.2. The van der Waals surface area contributed by atoms with Crippen LogP contribution in [0.5, 0.6) is 0 Å². The Morgan fingerprint density at radius 2 is 1.86 bits per heavy atom. The number of piperidine rings is 1. The third-order valence-corrected chi connectivity index (χ3v) is 11.0. The number of unbranched alkanes of at least 4 members (excludes halogenated alkanes) is 4. The van der Waals surface area contributed by atoms with E-state index in [0.717, 1.165) is 43.4 Å². The molecule has 5 rings (SSSR count).